The molecule has 3 nitrogen and oxygen atoms in total. The highest BCUT2D eigenvalue weighted by molar-refractivity contribution is 7.10. The van der Waals surface area contributed by atoms with E-state index in [9.17, 15) is 4.79 Å². The van der Waals surface area contributed by atoms with Crippen LogP contribution >= 0.6 is 11.3 Å². The molecule has 0 radical (unpaired) electrons. The molecule has 0 aliphatic heterocycles. The molecular formula is C11H17NO2S. The molecule has 0 fully saturated rings. The molecule has 0 unspecified atom stereocenters. The average molecular weight is 227 g/mol. The third kappa shape index (κ3) is 3.64. The topological polar surface area (TPSA) is 38.3 Å². The molecule has 0 amide bonds. The molecule has 0 aliphatic rings. The van der Waals surface area contributed by atoms with E-state index in [0.29, 0.717) is 0 Å². The number of hydrogen-bond acceptors (Lipinski definition) is 4. The summed E-state index contributed by atoms with van der Waals surface area (Å²) in [6.45, 7) is 5.35. The standard InChI is InChI=1S/C11H17NO2S/c1-11(2,9-5-4-6-15-9)8-12-7-10(13)14-3/h4-6,12H,7-8H2,1-3H3. The van der Waals surface area contributed by atoms with E-state index in [2.05, 4.69) is 35.3 Å². The fourth-order valence-electron chi connectivity index (χ4n) is 1.30. The fraction of sp³-hybridized carbons (Fsp3) is 0.545. The Balaban J connectivity index is 2.41. The van der Waals surface area contributed by atoms with Crippen LogP contribution in [0.4, 0.5) is 0 Å². The van der Waals surface area contributed by atoms with Crippen LogP contribution < -0.4 is 5.32 Å². The van der Waals surface area contributed by atoms with Gasteiger partial charge in [-0.15, -0.1) is 11.3 Å². The Morgan fingerprint density at radius 3 is 2.87 bits per heavy atom. The largest absolute Gasteiger partial charge is 0.468 e. The Kier molecular flexibility index (Phi) is 4.29. The quantitative estimate of drug-likeness (QED) is 0.779. The van der Waals surface area contributed by atoms with Crippen LogP contribution in [0, 0.1) is 0 Å². The van der Waals surface area contributed by atoms with E-state index in [1.54, 1.807) is 11.3 Å². The van der Waals surface area contributed by atoms with Gasteiger partial charge in [-0.25, -0.2) is 0 Å². The van der Waals surface area contributed by atoms with Gasteiger partial charge in [0, 0.05) is 16.8 Å². The second kappa shape index (κ2) is 5.28. The van der Waals surface area contributed by atoms with Crippen LogP contribution in [0.25, 0.3) is 0 Å². The van der Waals surface area contributed by atoms with Crippen LogP contribution in [0.5, 0.6) is 0 Å². The van der Waals surface area contributed by atoms with Crippen molar-refractivity contribution >= 4 is 17.3 Å². The number of carbonyl (C=O) groups is 1. The lowest BCUT2D eigenvalue weighted by Gasteiger charge is -2.23. The number of carbonyl (C=O) groups excluding carboxylic acids is 1. The number of hydrogen-bond donors (Lipinski definition) is 1. The van der Waals surface area contributed by atoms with Crippen LogP contribution in [0.15, 0.2) is 17.5 Å². The fourth-order valence-corrected chi connectivity index (χ4v) is 2.15. The molecule has 15 heavy (non-hydrogen) atoms. The Bertz CT molecular complexity index is 306. The first-order valence-corrected chi connectivity index (χ1v) is 5.76. The zero-order chi connectivity index (χ0) is 11.3. The number of nitrogens with one attached hydrogen (secondary N) is 1. The van der Waals surface area contributed by atoms with Gasteiger partial charge in [-0.2, -0.15) is 0 Å². The van der Waals surface area contributed by atoms with Gasteiger partial charge in [-0.05, 0) is 11.4 Å². The second-order valence-corrected chi connectivity index (χ2v) is 4.99. The van der Waals surface area contributed by atoms with Crippen molar-refractivity contribution in [3.63, 3.8) is 0 Å². The molecule has 4 heteroatoms. The van der Waals surface area contributed by atoms with Crippen molar-refractivity contribution < 1.29 is 9.53 Å². The summed E-state index contributed by atoms with van der Waals surface area (Å²) < 4.78 is 4.56. The third-order valence-electron chi connectivity index (χ3n) is 2.25. The first-order chi connectivity index (χ1) is 7.06. The first kappa shape index (κ1) is 12.2. The van der Waals surface area contributed by atoms with Crippen LogP contribution in [-0.2, 0) is 14.9 Å². The third-order valence-corrected chi connectivity index (χ3v) is 3.49. The second-order valence-electron chi connectivity index (χ2n) is 4.04. The summed E-state index contributed by atoms with van der Waals surface area (Å²) in [6.07, 6.45) is 0. The summed E-state index contributed by atoms with van der Waals surface area (Å²) in [5.74, 6) is -0.225. The highest BCUT2D eigenvalue weighted by Crippen LogP contribution is 2.26. The molecule has 0 spiro atoms. The van der Waals surface area contributed by atoms with Crippen molar-refractivity contribution in [3.05, 3.63) is 22.4 Å². The van der Waals surface area contributed by atoms with E-state index in [4.69, 9.17) is 0 Å². The molecule has 1 rings (SSSR count). The van der Waals surface area contributed by atoms with Gasteiger partial charge in [-0.3, -0.25) is 4.79 Å². The Morgan fingerprint density at radius 1 is 1.60 bits per heavy atom. The molecular weight excluding hydrogens is 210 g/mol. The number of thiophene rings is 1. The van der Waals surface area contributed by atoms with Gasteiger partial charge in [0.15, 0.2) is 0 Å². The first-order valence-electron chi connectivity index (χ1n) is 4.88. The molecule has 0 aliphatic carbocycles. The normalized spacial score (nSPS) is 11.4. The van der Waals surface area contributed by atoms with Gasteiger partial charge in [0.2, 0.25) is 0 Å². The van der Waals surface area contributed by atoms with Crippen molar-refractivity contribution in [3.8, 4) is 0 Å². The summed E-state index contributed by atoms with van der Waals surface area (Å²) >= 11 is 1.74. The van der Waals surface area contributed by atoms with E-state index < -0.39 is 0 Å². The molecule has 1 aromatic heterocycles. The van der Waals surface area contributed by atoms with Crippen molar-refractivity contribution in [1.29, 1.82) is 0 Å². The highest BCUT2D eigenvalue weighted by atomic mass is 32.1. The number of methoxy groups -OCH3 is 1. The summed E-state index contributed by atoms with van der Waals surface area (Å²) in [7, 11) is 1.40. The zero-order valence-electron chi connectivity index (χ0n) is 9.37. The van der Waals surface area contributed by atoms with Crippen LogP contribution in [0.3, 0.4) is 0 Å². The van der Waals surface area contributed by atoms with E-state index in [-0.39, 0.29) is 17.9 Å². The van der Waals surface area contributed by atoms with Gasteiger partial charge >= 0.3 is 5.97 Å². The lowest BCUT2D eigenvalue weighted by atomic mass is 9.91. The van der Waals surface area contributed by atoms with Crippen LogP contribution in [0.1, 0.15) is 18.7 Å². The molecule has 0 saturated carbocycles. The minimum absolute atomic E-state index is 0.0577. The van der Waals surface area contributed by atoms with Crippen molar-refractivity contribution in [2.24, 2.45) is 0 Å². The Hall–Kier alpha value is -0.870. The molecule has 1 heterocycles. The average Bonchev–Trinajstić information content (AvgIpc) is 2.70. The summed E-state index contributed by atoms with van der Waals surface area (Å²) in [4.78, 5) is 12.2. The maximum atomic E-state index is 10.9. The van der Waals surface area contributed by atoms with Crippen LogP contribution in [0.2, 0.25) is 0 Å². The summed E-state index contributed by atoms with van der Waals surface area (Å²) in [6, 6.07) is 4.16. The molecule has 1 N–H and O–H groups in total. The summed E-state index contributed by atoms with van der Waals surface area (Å²) in [5, 5.41) is 5.16. The number of rotatable bonds is 5. The predicted molar refractivity (Wildman–Crippen MR) is 62.2 cm³/mol. The number of esters is 1. The maximum Gasteiger partial charge on any atom is 0.319 e. The van der Waals surface area contributed by atoms with E-state index in [0.717, 1.165) is 6.54 Å². The van der Waals surface area contributed by atoms with Crippen molar-refractivity contribution in [1.82, 2.24) is 5.32 Å². The van der Waals surface area contributed by atoms with E-state index in [1.807, 2.05) is 6.07 Å². The molecule has 0 atom stereocenters. The van der Waals surface area contributed by atoms with E-state index >= 15 is 0 Å². The SMILES string of the molecule is COC(=O)CNCC(C)(C)c1cccs1. The predicted octanol–water partition coefficient (Wildman–Crippen LogP) is 1.79. The van der Waals surface area contributed by atoms with Gasteiger partial charge in [-0.1, -0.05) is 19.9 Å². The van der Waals surface area contributed by atoms with Crippen molar-refractivity contribution in [2.75, 3.05) is 20.2 Å². The Morgan fingerprint density at radius 2 is 2.33 bits per heavy atom. The van der Waals surface area contributed by atoms with Gasteiger partial charge in [0.1, 0.15) is 0 Å². The lowest BCUT2D eigenvalue weighted by molar-refractivity contribution is -0.139. The molecule has 0 aromatic carbocycles. The summed E-state index contributed by atoms with van der Waals surface area (Å²) in [5.41, 5.74) is 0.0577. The molecule has 0 bridgehead atoms. The van der Waals surface area contributed by atoms with Gasteiger partial charge in [0.25, 0.3) is 0 Å². The van der Waals surface area contributed by atoms with Crippen LogP contribution in [-0.4, -0.2) is 26.2 Å². The monoisotopic (exact) mass is 227 g/mol. The maximum absolute atomic E-state index is 10.9. The van der Waals surface area contributed by atoms with Gasteiger partial charge in [0.05, 0.1) is 13.7 Å². The minimum Gasteiger partial charge on any atom is -0.468 e. The molecule has 1 aromatic rings. The zero-order valence-corrected chi connectivity index (χ0v) is 10.2. The van der Waals surface area contributed by atoms with Gasteiger partial charge < -0.3 is 10.1 Å². The minimum atomic E-state index is -0.225. The molecule has 0 saturated heterocycles. The molecule has 84 valence electrons. The van der Waals surface area contributed by atoms with E-state index in [1.165, 1.54) is 12.0 Å². The smallest absolute Gasteiger partial charge is 0.319 e. The Labute approximate surface area is 94.5 Å². The lowest BCUT2D eigenvalue weighted by Crippen LogP contribution is -2.35. The van der Waals surface area contributed by atoms with Crippen molar-refractivity contribution in [2.45, 2.75) is 19.3 Å². The number of ether oxygens (including phenoxy) is 1. The highest BCUT2D eigenvalue weighted by Gasteiger charge is 2.21.